The predicted molar refractivity (Wildman–Crippen MR) is 99.8 cm³/mol. The zero-order chi connectivity index (χ0) is 18.1. The fourth-order valence-corrected chi connectivity index (χ4v) is 2.49. The van der Waals surface area contributed by atoms with Crippen LogP contribution in [0.15, 0.2) is 48.5 Å². The number of amides is 1. The SMILES string of the molecule is Cc1ccc(CCCC(=O)NCC(O)COc2ccccc2C)cc1. The molecule has 0 bridgehead atoms. The second kappa shape index (κ2) is 9.84. The zero-order valence-corrected chi connectivity index (χ0v) is 15.0. The third-order valence-corrected chi connectivity index (χ3v) is 4.05. The van der Waals surface area contributed by atoms with Gasteiger partial charge in [-0.25, -0.2) is 0 Å². The van der Waals surface area contributed by atoms with E-state index in [4.69, 9.17) is 4.74 Å². The molecule has 0 aromatic heterocycles. The molecule has 2 aromatic carbocycles. The summed E-state index contributed by atoms with van der Waals surface area (Å²) in [5, 5.41) is 12.7. The van der Waals surface area contributed by atoms with Gasteiger partial charge in [-0.15, -0.1) is 0 Å². The van der Waals surface area contributed by atoms with Crippen LogP contribution < -0.4 is 10.1 Å². The molecule has 0 spiro atoms. The van der Waals surface area contributed by atoms with Crippen LogP contribution >= 0.6 is 0 Å². The lowest BCUT2D eigenvalue weighted by atomic mass is 10.1. The maximum Gasteiger partial charge on any atom is 0.220 e. The van der Waals surface area contributed by atoms with E-state index in [0.717, 1.165) is 24.2 Å². The number of hydrogen-bond donors (Lipinski definition) is 2. The third-order valence-electron chi connectivity index (χ3n) is 4.05. The summed E-state index contributed by atoms with van der Waals surface area (Å²) >= 11 is 0. The number of nitrogens with one attached hydrogen (secondary N) is 1. The number of ether oxygens (including phenoxy) is 1. The van der Waals surface area contributed by atoms with Crippen molar-refractivity contribution in [3.05, 3.63) is 65.2 Å². The Morgan fingerprint density at radius 2 is 1.84 bits per heavy atom. The van der Waals surface area contributed by atoms with Gasteiger partial charge in [0.15, 0.2) is 0 Å². The van der Waals surface area contributed by atoms with Crippen LogP contribution in [-0.4, -0.2) is 30.3 Å². The van der Waals surface area contributed by atoms with E-state index in [0.29, 0.717) is 6.42 Å². The highest BCUT2D eigenvalue weighted by Gasteiger charge is 2.09. The summed E-state index contributed by atoms with van der Waals surface area (Å²) < 4.78 is 5.58. The Bertz CT molecular complexity index is 667. The topological polar surface area (TPSA) is 58.6 Å². The molecule has 0 aliphatic carbocycles. The zero-order valence-electron chi connectivity index (χ0n) is 15.0. The minimum absolute atomic E-state index is 0.0398. The fourth-order valence-electron chi connectivity index (χ4n) is 2.49. The average Bonchev–Trinajstić information content (AvgIpc) is 2.61. The van der Waals surface area contributed by atoms with Gasteiger partial charge in [-0.05, 0) is 43.9 Å². The number of aliphatic hydroxyl groups is 1. The molecule has 0 aliphatic rings. The van der Waals surface area contributed by atoms with Crippen LogP contribution in [0.3, 0.4) is 0 Å². The van der Waals surface area contributed by atoms with Crippen LogP contribution in [0, 0.1) is 13.8 Å². The maximum absolute atomic E-state index is 11.9. The first kappa shape index (κ1) is 19.0. The molecule has 2 aromatic rings. The molecule has 0 saturated carbocycles. The number of aryl methyl sites for hydroxylation is 3. The van der Waals surface area contributed by atoms with E-state index < -0.39 is 6.10 Å². The molecule has 0 fully saturated rings. The quantitative estimate of drug-likeness (QED) is 0.736. The molecule has 25 heavy (non-hydrogen) atoms. The molecular formula is C21H27NO3. The van der Waals surface area contributed by atoms with Crippen molar-refractivity contribution in [3.63, 3.8) is 0 Å². The Kier molecular flexibility index (Phi) is 7.48. The standard InChI is InChI=1S/C21H27NO3/c1-16-10-12-18(13-11-16)7-5-9-21(24)22-14-19(23)15-25-20-8-4-3-6-17(20)2/h3-4,6,8,10-13,19,23H,5,7,9,14-15H2,1-2H3,(H,22,24). The first-order valence-electron chi connectivity index (χ1n) is 8.73. The number of rotatable bonds is 9. The number of hydrogen-bond acceptors (Lipinski definition) is 3. The Labute approximate surface area is 149 Å². The summed E-state index contributed by atoms with van der Waals surface area (Å²) in [6.45, 7) is 4.38. The van der Waals surface area contributed by atoms with Gasteiger partial charge in [-0.3, -0.25) is 4.79 Å². The Balaban J connectivity index is 1.60. The molecule has 4 nitrogen and oxygen atoms in total. The molecule has 1 unspecified atom stereocenters. The summed E-state index contributed by atoms with van der Waals surface area (Å²) in [7, 11) is 0. The fraction of sp³-hybridized carbons (Fsp3) is 0.381. The molecule has 4 heteroatoms. The Morgan fingerprint density at radius 1 is 1.12 bits per heavy atom. The lowest BCUT2D eigenvalue weighted by Crippen LogP contribution is -2.35. The summed E-state index contributed by atoms with van der Waals surface area (Å²) in [5.41, 5.74) is 3.50. The van der Waals surface area contributed by atoms with Crippen molar-refractivity contribution in [1.29, 1.82) is 0 Å². The normalized spacial score (nSPS) is 11.8. The second-order valence-corrected chi connectivity index (χ2v) is 6.37. The van der Waals surface area contributed by atoms with E-state index in [1.165, 1.54) is 11.1 Å². The van der Waals surface area contributed by atoms with Crippen molar-refractivity contribution in [1.82, 2.24) is 5.32 Å². The smallest absolute Gasteiger partial charge is 0.220 e. The van der Waals surface area contributed by atoms with Crippen molar-refractivity contribution in [2.75, 3.05) is 13.2 Å². The van der Waals surface area contributed by atoms with Gasteiger partial charge in [0.1, 0.15) is 18.5 Å². The highest BCUT2D eigenvalue weighted by molar-refractivity contribution is 5.75. The van der Waals surface area contributed by atoms with Crippen LogP contribution in [0.2, 0.25) is 0 Å². The molecule has 1 atom stereocenters. The molecule has 1 amide bonds. The number of aliphatic hydroxyl groups excluding tert-OH is 1. The molecule has 0 radical (unpaired) electrons. The molecule has 0 aliphatic heterocycles. The van der Waals surface area contributed by atoms with Gasteiger partial charge in [-0.1, -0.05) is 48.0 Å². The molecule has 0 heterocycles. The van der Waals surface area contributed by atoms with Crippen LogP contribution in [0.25, 0.3) is 0 Å². The highest BCUT2D eigenvalue weighted by Crippen LogP contribution is 2.16. The van der Waals surface area contributed by atoms with Gasteiger partial charge in [0, 0.05) is 13.0 Å². The van der Waals surface area contributed by atoms with Crippen molar-refractivity contribution < 1.29 is 14.6 Å². The Morgan fingerprint density at radius 3 is 2.56 bits per heavy atom. The van der Waals surface area contributed by atoms with E-state index in [9.17, 15) is 9.90 Å². The first-order valence-corrected chi connectivity index (χ1v) is 8.73. The molecule has 0 saturated heterocycles. The number of carbonyl (C=O) groups is 1. The number of para-hydroxylation sites is 1. The van der Waals surface area contributed by atoms with E-state index in [1.807, 2.05) is 31.2 Å². The van der Waals surface area contributed by atoms with Crippen LogP contribution in [0.5, 0.6) is 5.75 Å². The van der Waals surface area contributed by atoms with Crippen molar-refractivity contribution in [3.8, 4) is 5.75 Å². The summed E-state index contributed by atoms with van der Waals surface area (Å²) in [4.78, 5) is 11.9. The van der Waals surface area contributed by atoms with Gasteiger partial charge in [-0.2, -0.15) is 0 Å². The van der Waals surface area contributed by atoms with E-state index >= 15 is 0 Å². The van der Waals surface area contributed by atoms with Gasteiger partial charge >= 0.3 is 0 Å². The molecule has 2 rings (SSSR count). The maximum atomic E-state index is 11.9. The van der Waals surface area contributed by atoms with Crippen LogP contribution in [0.4, 0.5) is 0 Å². The first-order chi connectivity index (χ1) is 12.0. The van der Waals surface area contributed by atoms with Gasteiger partial charge in [0.2, 0.25) is 5.91 Å². The van der Waals surface area contributed by atoms with E-state index in [-0.39, 0.29) is 19.1 Å². The lowest BCUT2D eigenvalue weighted by molar-refractivity contribution is -0.121. The highest BCUT2D eigenvalue weighted by atomic mass is 16.5. The van der Waals surface area contributed by atoms with E-state index in [2.05, 4.69) is 36.5 Å². The van der Waals surface area contributed by atoms with Crippen LogP contribution in [0.1, 0.15) is 29.5 Å². The summed E-state index contributed by atoms with van der Waals surface area (Å²) in [5.74, 6) is 0.716. The number of carbonyl (C=O) groups excluding carboxylic acids is 1. The molecule has 134 valence electrons. The van der Waals surface area contributed by atoms with Crippen molar-refractivity contribution >= 4 is 5.91 Å². The monoisotopic (exact) mass is 341 g/mol. The molecular weight excluding hydrogens is 314 g/mol. The third kappa shape index (κ3) is 6.98. The van der Waals surface area contributed by atoms with Crippen LogP contribution in [-0.2, 0) is 11.2 Å². The predicted octanol–water partition coefficient (Wildman–Crippen LogP) is 3.18. The Hall–Kier alpha value is -2.33. The lowest BCUT2D eigenvalue weighted by Gasteiger charge is -2.14. The molecule has 2 N–H and O–H groups in total. The van der Waals surface area contributed by atoms with E-state index in [1.54, 1.807) is 0 Å². The van der Waals surface area contributed by atoms with Gasteiger partial charge < -0.3 is 15.2 Å². The number of benzene rings is 2. The van der Waals surface area contributed by atoms with Gasteiger partial charge in [0.05, 0.1) is 0 Å². The summed E-state index contributed by atoms with van der Waals surface area (Å²) in [6.07, 6.45) is 1.41. The largest absolute Gasteiger partial charge is 0.491 e. The minimum atomic E-state index is -0.722. The van der Waals surface area contributed by atoms with Gasteiger partial charge in [0.25, 0.3) is 0 Å². The minimum Gasteiger partial charge on any atom is -0.491 e. The van der Waals surface area contributed by atoms with Crippen molar-refractivity contribution in [2.24, 2.45) is 0 Å². The van der Waals surface area contributed by atoms with Crippen molar-refractivity contribution in [2.45, 2.75) is 39.2 Å². The second-order valence-electron chi connectivity index (χ2n) is 6.37. The summed E-state index contributed by atoms with van der Waals surface area (Å²) in [6, 6.07) is 16.0. The average molecular weight is 341 g/mol.